The summed E-state index contributed by atoms with van der Waals surface area (Å²) in [7, 11) is 0. The van der Waals surface area contributed by atoms with Crippen LogP contribution in [0.3, 0.4) is 0 Å². The van der Waals surface area contributed by atoms with E-state index in [0.29, 0.717) is 12.1 Å². The Morgan fingerprint density at radius 1 is 1.32 bits per heavy atom. The maximum absolute atomic E-state index is 4.57. The fourth-order valence-electron chi connectivity index (χ4n) is 2.20. The van der Waals surface area contributed by atoms with Gasteiger partial charge in [-0.15, -0.1) is 0 Å². The van der Waals surface area contributed by atoms with Gasteiger partial charge in [-0.25, -0.2) is 4.98 Å². The summed E-state index contributed by atoms with van der Waals surface area (Å²) >= 11 is 0. The van der Waals surface area contributed by atoms with E-state index in [1.54, 1.807) is 0 Å². The van der Waals surface area contributed by atoms with Crippen LogP contribution in [0.1, 0.15) is 46.1 Å². The minimum absolute atomic E-state index is 0.515. The Hall–Kier alpha value is -1.09. The number of aromatic nitrogens is 1. The smallest absolute Gasteiger partial charge is 0.129 e. The summed E-state index contributed by atoms with van der Waals surface area (Å²) in [5, 5.41) is 3.46. The summed E-state index contributed by atoms with van der Waals surface area (Å²) in [6, 6.07) is 5.37. The molecule has 0 atom stereocenters. The van der Waals surface area contributed by atoms with E-state index < -0.39 is 0 Å². The molecule has 1 aliphatic carbocycles. The van der Waals surface area contributed by atoms with Crippen LogP contribution in [0.5, 0.6) is 0 Å². The van der Waals surface area contributed by atoms with Crippen LogP contribution in [-0.4, -0.2) is 23.6 Å². The number of nitrogens with zero attached hydrogens (tertiary/aromatic N) is 2. The Labute approximate surface area is 117 Å². The predicted molar refractivity (Wildman–Crippen MR) is 81.4 cm³/mol. The van der Waals surface area contributed by atoms with Crippen molar-refractivity contribution < 1.29 is 0 Å². The van der Waals surface area contributed by atoms with Gasteiger partial charge in [0.05, 0.1) is 0 Å². The lowest BCUT2D eigenvalue weighted by molar-refractivity contribution is 0.587. The lowest BCUT2D eigenvalue weighted by atomic mass is 10.2. The highest BCUT2D eigenvalue weighted by Gasteiger charge is 2.26. The molecule has 0 spiro atoms. The molecule has 0 radical (unpaired) electrons. The molecular formula is C16H27N3. The molecule has 1 saturated carbocycles. The third-order valence-electron chi connectivity index (χ3n) is 3.59. The Bertz CT molecular complexity index is 397. The predicted octanol–water partition coefficient (Wildman–Crippen LogP) is 3.20. The zero-order valence-corrected chi connectivity index (χ0v) is 12.7. The van der Waals surface area contributed by atoms with Gasteiger partial charge in [0.1, 0.15) is 5.82 Å². The number of anilines is 1. The number of pyridine rings is 1. The largest absolute Gasteiger partial charge is 0.354 e. The standard InChI is InChI=1S/C16H27N3/c1-12(2)18-10-15-7-8-17-16(9-15)19(13(3)4)11-14-5-6-14/h7-9,12-14,18H,5-6,10-11H2,1-4H3. The van der Waals surface area contributed by atoms with Crippen LogP contribution in [0.25, 0.3) is 0 Å². The SMILES string of the molecule is CC(C)NCc1ccnc(N(CC2CC2)C(C)C)c1. The Morgan fingerprint density at radius 3 is 2.63 bits per heavy atom. The van der Waals surface area contributed by atoms with Crippen LogP contribution >= 0.6 is 0 Å². The van der Waals surface area contributed by atoms with Crippen LogP contribution < -0.4 is 10.2 Å². The molecule has 19 heavy (non-hydrogen) atoms. The first-order valence-electron chi connectivity index (χ1n) is 7.51. The summed E-state index contributed by atoms with van der Waals surface area (Å²) in [6.45, 7) is 10.9. The van der Waals surface area contributed by atoms with E-state index in [0.717, 1.165) is 24.8 Å². The van der Waals surface area contributed by atoms with Crippen LogP contribution in [-0.2, 0) is 6.54 Å². The lowest BCUT2D eigenvalue weighted by Gasteiger charge is -2.28. The molecule has 1 heterocycles. The summed E-state index contributed by atoms with van der Waals surface area (Å²) in [4.78, 5) is 7.01. The topological polar surface area (TPSA) is 28.2 Å². The minimum atomic E-state index is 0.515. The van der Waals surface area contributed by atoms with Gasteiger partial charge in [0, 0.05) is 31.4 Å². The van der Waals surface area contributed by atoms with Crippen molar-refractivity contribution in [2.75, 3.05) is 11.4 Å². The highest BCUT2D eigenvalue weighted by Crippen LogP contribution is 2.31. The molecule has 1 aromatic rings. The molecule has 106 valence electrons. The van der Waals surface area contributed by atoms with Gasteiger partial charge in [0.15, 0.2) is 0 Å². The second-order valence-electron chi connectivity index (χ2n) is 6.25. The maximum atomic E-state index is 4.57. The highest BCUT2D eigenvalue weighted by atomic mass is 15.2. The number of hydrogen-bond donors (Lipinski definition) is 1. The Balaban J connectivity index is 2.05. The molecule has 0 unspecified atom stereocenters. The molecular weight excluding hydrogens is 234 g/mol. The second-order valence-corrected chi connectivity index (χ2v) is 6.25. The Kier molecular flexibility index (Phi) is 4.81. The normalized spacial score (nSPS) is 15.3. The molecule has 2 rings (SSSR count). The van der Waals surface area contributed by atoms with Crippen LogP contribution in [0, 0.1) is 5.92 Å². The van der Waals surface area contributed by atoms with Crippen molar-refractivity contribution in [1.29, 1.82) is 0 Å². The molecule has 3 nitrogen and oxygen atoms in total. The molecule has 1 aromatic heterocycles. The minimum Gasteiger partial charge on any atom is -0.354 e. The molecule has 0 saturated heterocycles. The van der Waals surface area contributed by atoms with Crippen molar-refractivity contribution in [2.24, 2.45) is 5.92 Å². The van der Waals surface area contributed by atoms with Gasteiger partial charge in [-0.2, -0.15) is 0 Å². The molecule has 0 aliphatic heterocycles. The first-order valence-corrected chi connectivity index (χ1v) is 7.51. The van der Waals surface area contributed by atoms with Gasteiger partial charge < -0.3 is 10.2 Å². The van der Waals surface area contributed by atoms with E-state index in [9.17, 15) is 0 Å². The van der Waals surface area contributed by atoms with Gasteiger partial charge in [0.2, 0.25) is 0 Å². The molecule has 0 aromatic carbocycles. The van der Waals surface area contributed by atoms with E-state index in [-0.39, 0.29) is 0 Å². The third-order valence-corrected chi connectivity index (χ3v) is 3.59. The lowest BCUT2D eigenvalue weighted by Crippen LogP contribution is -2.33. The van der Waals surface area contributed by atoms with Crippen LogP contribution in [0.15, 0.2) is 18.3 Å². The quantitative estimate of drug-likeness (QED) is 0.817. The molecule has 1 fully saturated rings. The average molecular weight is 261 g/mol. The fourth-order valence-corrected chi connectivity index (χ4v) is 2.20. The van der Waals surface area contributed by atoms with Gasteiger partial charge >= 0.3 is 0 Å². The molecule has 0 bridgehead atoms. The first kappa shape index (κ1) is 14.3. The highest BCUT2D eigenvalue weighted by molar-refractivity contribution is 5.42. The van der Waals surface area contributed by atoms with E-state index in [1.807, 2.05) is 6.20 Å². The average Bonchev–Trinajstić information content (AvgIpc) is 3.17. The van der Waals surface area contributed by atoms with Crippen molar-refractivity contribution in [2.45, 2.75) is 59.2 Å². The number of hydrogen-bond acceptors (Lipinski definition) is 3. The molecule has 1 aliphatic rings. The zero-order chi connectivity index (χ0) is 13.8. The van der Waals surface area contributed by atoms with E-state index in [2.05, 4.69) is 55.0 Å². The molecule has 0 amide bonds. The number of nitrogens with one attached hydrogen (secondary N) is 1. The Morgan fingerprint density at radius 2 is 2.05 bits per heavy atom. The van der Waals surface area contributed by atoms with E-state index >= 15 is 0 Å². The van der Waals surface area contributed by atoms with Crippen molar-refractivity contribution in [3.8, 4) is 0 Å². The van der Waals surface area contributed by atoms with Gasteiger partial charge in [0.25, 0.3) is 0 Å². The third kappa shape index (κ3) is 4.50. The molecule has 1 N–H and O–H groups in total. The van der Waals surface area contributed by atoms with Gasteiger partial charge in [-0.1, -0.05) is 13.8 Å². The monoisotopic (exact) mass is 261 g/mol. The van der Waals surface area contributed by atoms with E-state index in [4.69, 9.17) is 0 Å². The summed E-state index contributed by atoms with van der Waals surface area (Å²) in [5.74, 6) is 2.02. The number of rotatable bonds is 7. The van der Waals surface area contributed by atoms with Gasteiger partial charge in [-0.3, -0.25) is 0 Å². The fraction of sp³-hybridized carbons (Fsp3) is 0.688. The van der Waals surface area contributed by atoms with E-state index in [1.165, 1.54) is 18.4 Å². The summed E-state index contributed by atoms with van der Waals surface area (Å²) < 4.78 is 0. The summed E-state index contributed by atoms with van der Waals surface area (Å²) in [5.41, 5.74) is 1.32. The van der Waals surface area contributed by atoms with Crippen molar-refractivity contribution in [1.82, 2.24) is 10.3 Å². The van der Waals surface area contributed by atoms with Crippen molar-refractivity contribution >= 4 is 5.82 Å². The first-order chi connectivity index (χ1) is 9.06. The van der Waals surface area contributed by atoms with Crippen LogP contribution in [0.4, 0.5) is 5.82 Å². The zero-order valence-electron chi connectivity index (χ0n) is 12.7. The van der Waals surface area contributed by atoms with Crippen molar-refractivity contribution in [3.05, 3.63) is 23.9 Å². The second kappa shape index (κ2) is 6.38. The van der Waals surface area contributed by atoms with Crippen molar-refractivity contribution in [3.63, 3.8) is 0 Å². The molecule has 3 heteroatoms. The van der Waals surface area contributed by atoms with Crippen LogP contribution in [0.2, 0.25) is 0 Å². The maximum Gasteiger partial charge on any atom is 0.129 e. The van der Waals surface area contributed by atoms with Gasteiger partial charge in [-0.05, 0) is 50.3 Å². The summed E-state index contributed by atoms with van der Waals surface area (Å²) in [6.07, 6.45) is 4.71.